The van der Waals surface area contributed by atoms with Crippen LogP contribution in [0.2, 0.25) is 0 Å². The molecule has 1 N–H and O–H groups in total. The van der Waals surface area contributed by atoms with Crippen LogP contribution in [0.5, 0.6) is 0 Å². The van der Waals surface area contributed by atoms with Gasteiger partial charge in [-0.1, -0.05) is 60.3 Å². The van der Waals surface area contributed by atoms with Crippen LogP contribution in [0.1, 0.15) is 12.5 Å². The Hall–Kier alpha value is -2.46. The van der Waals surface area contributed by atoms with Gasteiger partial charge in [0.25, 0.3) is 0 Å². The summed E-state index contributed by atoms with van der Waals surface area (Å²) >= 11 is 1.30. The van der Waals surface area contributed by atoms with Gasteiger partial charge in [0.1, 0.15) is 5.76 Å². The number of hydrogen-bond acceptors (Lipinski definition) is 4. The minimum absolute atomic E-state index is 0.0982. The van der Waals surface area contributed by atoms with Crippen molar-refractivity contribution >= 4 is 23.5 Å². The first-order valence-corrected chi connectivity index (χ1v) is 8.08. The Labute approximate surface area is 140 Å². The van der Waals surface area contributed by atoms with Crippen LogP contribution in [-0.2, 0) is 9.53 Å². The molecule has 0 radical (unpaired) electrons. The fraction of sp³-hybridized carbons (Fsp3) is 0.105. The number of rotatable bonds is 6. The Morgan fingerprint density at radius 2 is 1.65 bits per heavy atom. The van der Waals surface area contributed by atoms with E-state index >= 15 is 0 Å². The standard InChI is InChI=1S/C19H18O3S/c1-2-22-19(21)18(23-16-11-7-4-8-12-16)14-13-17(20)15-9-5-3-6-10-15/h3-14,20H,2H2,1H3. The van der Waals surface area contributed by atoms with Crippen LogP contribution >= 0.6 is 11.8 Å². The number of carbonyl (C=O) groups is 1. The molecule has 0 heterocycles. The lowest BCUT2D eigenvalue weighted by molar-refractivity contribution is -0.137. The van der Waals surface area contributed by atoms with Gasteiger partial charge in [-0.3, -0.25) is 0 Å². The third kappa shape index (κ3) is 5.34. The first-order chi connectivity index (χ1) is 11.2. The van der Waals surface area contributed by atoms with Gasteiger partial charge in [0, 0.05) is 10.5 Å². The molecule has 4 heteroatoms. The molecule has 2 rings (SSSR count). The second-order valence-electron chi connectivity index (χ2n) is 4.58. The van der Waals surface area contributed by atoms with Gasteiger partial charge in [0.15, 0.2) is 0 Å². The van der Waals surface area contributed by atoms with Crippen LogP contribution < -0.4 is 0 Å². The average Bonchev–Trinajstić information content (AvgIpc) is 2.60. The highest BCUT2D eigenvalue weighted by Crippen LogP contribution is 2.27. The number of aliphatic hydroxyl groups is 1. The predicted molar refractivity (Wildman–Crippen MR) is 94.1 cm³/mol. The van der Waals surface area contributed by atoms with Crippen molar-refractivity contribution in [2.24, 2.45) is 0 Å². The highest BCUT2D eigenvalue weighted by molar-refractivity contribution is 8.04. The van der Waals surface area contributed by atoms with E-state index in [1.54, 1.807) is 25.1 Å². The molecule has 0 fully saturated rings. The summed E-state index contributed by atoms with van der Waals surface area (Å²) in [7, 11) is 0. The normalized spacial score (nSPS) is 12.0. The highest BCUT2D eigenvalue weighted by atomic mass is 32.2. The number of carbonyl (C=O) groups excluding carboxylic acids is 1. The van der Waals surface area contributed by atoms with E-state index in [0.717, 1.165) is 4.90 Å². The van der Waals surface area contributed by atoms with Gasteiger partial charge in [-0.25, -0.2) is 4.79 Å². The van der Waals surface area contributed by atoms with E-state index in [1.807, 2.05) is 48.5 Å². The molecule has 0 aromatic heterocycles. The summed E-state index contributed by atoms with van der Waals surface area (Å²) in [5, 5.41) is 10.1. The minimum Gasteiger partial charge on any atom is -0.507 e. The summed E-state index contributed by atoms with van der Waals surface area (Å²) in [6, 6.07) is 18.7. The van der Waals surface area contributed by atoms with Crippen LogP contribution in [0.25, 0.3) is 5.76 Å². The van der Waals surface area contributed by atoms with Gasteiger partial charge < -0.3 is 9.84 Å². The molecule has 2 aromatic carbocycles. The molecule has 0 saturated heterocycles. The van der Waals surface area contributed by atoms with Crippen molar-refractivity contribution in [3.05, 3.63) is 83.3 Å². The molecule has 0 unspecified atom stereocenters. The maximum atomic E-state index is 12.1. The van der Waals surface area contributed by atoms with Crippen LogP contribution in [-0.4, -0.2) is 17.7 Å². The number of benzene rings is 2. The Balaban J connectivity index is 2.24. The third-order valence-corrected chi connectivity index (χ3v) is 3.94. The largest absolute Gasteiger partial charge is 0.507 e. The van der Waals surface area contributed by atoms with Crippen molar-refractivity contribution in [2.45, 2.75) is 11.8 Å². The fourth-order valence-corrected chi connectivity index (χ4v) is 2.65. The molecule has 0 spiro atoms. The number of ether oxygens (including phenoxy) is 1. The summed E-state index contributed by atoms with van der Waals surface area (Å²) in [5.41, 5.74) is 0.691. The quantitative estimate of drug-likeness (QED) is 0.272. The number of thioether (sulfide) groups is 1. The Kier molecular flexibility index (Phi) is 6.51. The predicted octanol–water partition coefficient (Wildman–Crippen LogP) is 4.82. The highest BCUT2D eigenvalue weighted by Gasteiger charge is 2.12. The molecule has 0 bridgehead atoms. The van der Waals surface area contributed by atoms with E-state index in [2.05, 4.69) is 0 Å². The monoisotopic (exact) mass is 326 g/mol. The first-order valence-electron chi connectivity index (χ1n) is 7.27. The Bertz CT molecular complexity index is 691. The Morgan fingerprint density at radius 1 is 1.04 bits per heavy atom. The molecule has 0 aliphatic rings. The number of aliphatic hydroxyl groups excluding tert-OH is 1. The molecule has 2 aromatic rings. The SMILES string of the molecule is CCOC(=O)C(=CC=C(O)c1ccccc1)Sc1ccccc1. The topological polar surface area (TPSA) is 46.5 Å². The third-order valence-electron chi connectivity index (χ3n) is 2.91. The molecule has 23 heavy (non-hydrogen) atoms. The minimum atomic E-state index is -0.404. The van der Waals surface area contributed by atoms with Crippen LogP contribution in [0, 0.1) is 0 Å². The van der Waals surface area contributed by atoms with Crippen LogP contribution in [0.4, 0.5) is 0 Å². The second kappa shape index (κ2) is 8.86. The molecular formula is C19H18O3S. The first kappa shape index (κ1) is 16.9. The van der Waals surface area contributed by atoms with Crippen molar-refractivity contribution in [3.8, 4) is 0 Å². The van der Waals surface area contributed by atoms with E-state index in [-0.39, 0.29) is 5.76 Å². The van der Waals surface area contributed by atoms with Crippen molar-refractivity contribution in [1.29, 1.82) is 0 Å². The zero-order valence-electron chi connectivity index (χ0n) is 12.8. The van der Waals surface area contributed by atoms with Gasteiger partial charge in [-0.15, -0.1) is 0 Å². The molecule has 0 aliphatic carbocycles. The summed E-state index contributed by atoms with van der Waals surface area (Å²) in [6.07, 6.45) is 3.09. The zero-order chi connectivity index (χ0) is 16.5. The van der Waals surface area contributed by atoms with Gasteiger partial charge >= 0.3 is 5.97 Å². The molecule has 0 atom stereocenters. The molecule has 0 saturated carbocycles. The molecule has 0 aliphatic heterocycles. The maximum Gasteiger partial charge on any atom is 0.344 e. The van der Waals surface area contributed by atoms with Crippen molar-refractivity contribution in [1.82, 2.24) is 0 Å². The van der Waals surface area contributed by atoms with Gasteiger partial charge in [0.2, 0.25) is 0 Å². The van der Waals surface area contributed by atoms with Crippen LogP contribution in [0.15, 0.2) is 82.6 Å². The van der Waals surface area contributed by atoms with E-state index in [1.165, 1.54) is 17.8 Å². The Morgan fingerprint density at radius 3 is 2.26 bits per heavy atom. The van der Waals surface area contributed by atoms with Crippen LogP contribution in [0.3, 0.4) is 0 Å². The van der Waals surface area contributed by atoms with E-state index in [9.17, 15) is 9.90 Å². The molecule has 0 amide bonds. The van der Waals surface area contributed by atoms with Gasteiger partial charge in [-0.05, 0) is 31.2 Å². The summed E-state index contributed by atoms with van der Waals surface area (Å²) < 4.78 is 5.08. The molecular weight excluding hydrogens is 308 g/mol. The van der Waals surface area contributed by atoms with E-state index in [4.69, 9.17) is 4.74 Å². The van der Waals surface area contributed by atoms with Crippen molar-refractivity contribution in [3.63, 3.8) is 0 Å². The summed E-state index contributed by atoms with van der Waals surface area (Å²) in [6.45, 7) is 2.07. The fourth-order valence-electron chi connectivity index (χ4n) is 1.82. The average molecular weight is 326 g/mol. The maximum absolute atomic E-state index is 12.1. The lowest BCUT2D eigenvalue weighted by Gasteiger charge is -2.06. The molecule has 3 nitrogen and oxygen atoms in total. The van der Waals surface area contributed by atoms with Gasteiger partial charge in [-0.2, -0.15) is 0 Å². The number of hydrogen-bond donors (Lipinski definition) is 1. The second-order valence-corrected chi connectivity index (χ2v) is 5.70. The van der Waals surface area contributed by atoms with E-state index < -0.39 is 5.97 Å². The zero-order valence-corrected chi connectivity index (χ0v) is 13.6. The van der Waals surface area contributed by atoms with Gasteiger partial charge in [0.05, 0.1) is 11.5 Å². The lowest BCUT2D eigenvalue weighted by atomic mass is 10.2. The van der Waals surface area contributed by atoms with Crippen molar-refractivity contribution in [2.75, 3.05) is 6.61 Å². The smallest absolute Gasteiger partial charge is 0.344 e. The number of allylic oxidation sites excluding steroid dienone is 2. The lowest BCUT2D eigenvalue weighted by Crippen LogP contribution is -2.05. The molecule has 118 valence electrons. The number of esters is 1. The summed E-state index contributed by atoms with van der Waals surface area (Å²) in [5.74, 6) is -0.306. The summed E-state index contributed by atoms with van der Waals surface area (Å²) in [4.78, 5) is 13.4. The van der Waals surface area contributed by atoms with Crippen molar-refractivity contribution < 1.29 is 14.6 Å². The van der Waals surface area contributed by atoms with E-state index in [0.29, 0.717) is 17.1 Å².